The molecule has 1 aromatic heterocycles. The lowest BCUT2D eigenvalue weighted by Crippen LogP contribution is -2.10. The van der Waals surface area contributed by atoms with Gasteiger partial charge in [-0.05, 0) is 35.2 Å². The van der Waals surface area contributed by atoms with Gasteiger partial charge in [0.1, 0.15) is 11.6 Å². The van der Waals surface area contributed by atoms with Crippen molar-refractivity contribution >= 4 is 33.5 Å². The van der Waals surface area contributed by atoms with Crippen molar-refractivity contribution in [2.45, 2.75) is 62.9 Å². The zero-order chi connectivity index (χ0) is 13.7. The molecule has 106 valence electrons. The van der Waals surface area contributed by atoms with Crippen molar-refractivity contribution < 1.29 is 0 Å². The van der Waals surface area contributed by atoms with Crippen molar-refractivity contribution in [3.05, 3.63) is 16.0 Å². The van der Waals surface area contributed by atoms with Crippen molar-refractivity contribution in [2.75, 3.05) is 5.73 Å². The molecule has 1 saturated carbocycles. The van der Waals surface area contributed by atoms with Crippen LogP contribution in [0.3, 0.4) is 0 Å². The second-order valence-corrected chi connectivity index (χ2v) is 7.19. The summed E-state index contributed by atoms with van der Waals surface area (Å²) in [6.07, 6.45) is 8.87. The first-order valence-corrected chi connectivity index (χ1v) is 8.97. The highest BCUT2D eigenvalue weighted by molar-refractivity contribution is 9.10. The first-order valence-electron chi connectivity index (χ1n) is 7.13. The largest absolute Gasteiger partial charge is 0.383 e. The van der Waals surface area contributed by atoms with E-state index in [1.807, 2.05) is 11.8 Å². The van der Waals surface area contributed by atoms with E-state index in [0.717, 1.165) is 39.8 Å². The molecule has 2 rings (SSSR count). The van der Waals surface area contributed by atoms with Crippen LogP contribution in [0.1, 0.15) is 57.0 Å². The van der Waals surface area contributed by atoms with Gasteiger partial charge < -0.3 is 5.73 Å². The predicted octanol–water partition coefficient (Wildman–Crippen LogP) is 4.34. The highest BCUT2D eigenvalue weighted by atomic mass is 79.9. The van der Waals surface area contributed by atoms with Crippen molar-refractivity contribution in [2.24, 2.45) is 0 Å². The number of anilines is 1. The molecule has 1 aromatic rings. The topological polar surface area (TPSA) is 51.8 Å². The van der Waals surface area contributed by atoms with Gasteiger partial charge in [0.25, 0.3) is 0 Å². The Balaban J connectivity index is 1.99. The molecule has 1 fully saturated rings. The highest BCUT2D eigenvalue weighted by Crippen LogP contribution is 2.30. The Morgan fingerprint density at radius 1 is 1.26 bits per heavy atom. The minimum Gasteiger partial charge on any atom is -0.383 e. The Morgan fingerprint density at radius 2 is 2.00 bits per heavy atom. The van der Waals surface area contributed by atoms with E-state index in [1.54, 1.807) is 0 Å². The molecule has 0 saturated heterocycles. The van der Waals surface area contributed by atoms with Crippen LogP contribution in [0.15, 0.2) is 4.47 Å². The van der Waals surface area contributed by atoms with Gasteiger partial charge in [0.2, 0.25) is 0 Å². The van der Waals surface area contributed by atoms with Gasteiger partial charge in [-0.1, -0.05) is 32.6 Å². The molecule has 3 nitrogen and oxygen atoms in total. The number of nitrogen functional groups attached to an aromatic ring is 1. The zero-order valence-electron chi connectivity index (χ0n) is 11.5. The average molecular weight is 344 g/mol. The van der Waals surface area contributed by atoms with E-state index in [2.05, 4.69) is 32.8 Å². The van der Waals surface area contributed by atoms with Crippen LogP contribution in [0.2, 0.25) is 0 Å². The molecule has 0 unspecified atom stereocenters. The summed E-state index contributed by atoms with van der Waals surface area (Å²) < 4.78 is 0.876. The second kappa shape index (κ2) is 7.48. The van der Waals surface area contributed by atoms with Gasteiger partial charge in [-0.3, -0.25) is 0 Å². The first kappa shape index (κ1) is 15.1. The molecule has 0 aliphatic heterocycles. The van der Waals surface area contributed by atoms with E-state index in [4.69, 9.17) is 5.73 Å². The molecule has 0 atom stereocenters. The van der Waals surface area contributed by atoms with Crippen LogP contribution < -0.4 is 5.73 Å². The van der Waals surface area contributed by atoms with Gasteiger partial charge in [-0.25, -0.2) is 9.97 Å². The summed E-state index contributed by atoms with van der Waals surface area (Å²) in [4.78, 5) is 9.05. The fourth-order valence-corrected chi connectivity index (χ4v) is 4.01. The van der Waals surface area contributed by atoms with Crippen LogP contribution in [0, 0.1) is 0 Å². The summed E-state index contributed by atoms with van der Waals surface area (Å²) in [6, 6.07) is 0. The molecule has 19 heavy (non-hydrogen) atoms. The lowest BCUT2D eigenvalue weighted by molar-refractivity contribution is 0.516. The molecule has 1 heterocycles. The fourth-order valence-electron chi connectivity index (χ4n) is 2.46. The number of hydrogen-bond donors (Lipinski definition) is 1. The van der Waals surface area contributed by atoms with Crippen molar-refractivity contribution in [3.63, 3.8) is 0 Å². The number of hydrogen-bond acceptors (Lipinski definition) is 4. The van der Waals surface area contributed by atoms with Crippen molar-refractivity contribution in [1.82, 2.24) is 9.97 Å². The van der Waals surface area contributed by atoms with Crippen LogP contribution in [0.25, 0.3) is 0 Å². The smallest absolute Gasteiger partial charge is 0.141 e. The monoisotopic (exact) mass is 343 g/mol. The first-order chi connectivity index (χ1) is 9.20. The number of aromatic nitrogens is 2. The molecule has 0 spiro atoms. The standard InChI is InChI=1S/C14H22BrN3S/c1-2-6-11-13(15)14(16)18-12(17-11)9-19-10-7-4-3-5-8-10/h10H,2-9H2,1H3,(H2,16,17,18). The summed E-state index contributed by atoms with van der Waals surface area (Å²) in [5.74, 6) is 2.36. The summed E-state index contributed by atoms with van der Waals surface area (Å²) >= 11 is 5.48. The van der Waals surface area contributed by atoms with Crippen molar-refractivity contribution in [1.29, 1.82) is 0 Å². The van der Waals surface area contributed by atoms with Gasteiger partial charge in [-0.2, -0.15) is 11.8 Å². The number of halogens is 1. The molecule has 0 bridgehead atoms. The summed E-state index contributed by atoms with van der Waals surface area (Å²) in [7, 11) is 0. The maximum Gasteiger partial charge on any atom is 0.141 e. The second-order valence-electron chi connectivity index (χ2n) is 5.11. The maximum absolute atomic E-state index is 5.95. The Bertz CT molecular complexity index is 419. The van der Waals surface area contributed by atoms with Gasteiger partial charge in [0.05, 0.1) is 15.9 Å². The molecule has 0 amide bonds. The third kappa shape index (κ3) is 4.35. The van der Waals surface area contributed by atoms with Gasteiger partial charge in [0, 0.05) is 5.25 Å². The Labute approximate surface area is 128 Å². The molecular formula is C14H22BrN3S. The van der Waals surface area contributed by atoms with E-state index in [-0.39, 0.29) is 0 Å². The van der Waals surface area contributed by atoms with Gasteiger partial charge >= 0.3 is 0 Å². The summed E-state index contributed by atoms with van der Waals surface area (Å²) in [6.45, 7) is 2.15. The number of nitrogens with zero attached hydrogens (tertiary/aromatic N) is 2. The van der Waals surface area contributed by atoms with Crippen LogP contribution in [0.4, 0.5) is 5.82 Å². The molecule has 5 heteroatoms. The van der Waals surface area contributed by atoms with E-state index in [1.165, 1.54) is 32.1 Å². The van der Waals surface area contributed by atoms with Crippen molar-refractivity contribution in [3.8, 4) is 0 Å². The van der Waals surface area contributed by atoms with E-state index < -0.39 is 0 Å². The minimum atomic E-state index is 0.581. The summed E-state index contributed by atoms with van der Waals surface area (Å²) in [5, 5.41) is 0.789. The average Bonchev–Trinajstić information content (AvgIpc) is 2.43. The summed E-state index contributed by atoms with van der Waals surface area (Å²) in [5.41, 5.74) is 7.00. The predicted molar refractivity (Wildman–Crippen MR) is 86.3 cm³/mol. The SMILES string of the molecule is CCCc1nc(CSC2CCCCC2)nc(N)c1Br. The molecule has 1 aliphatic rings. The van der Waals surface area contributed by atoms with Crippen LogP contribution in [0.5, 0.6) is 0 Å². The Morgan fingerprint density at radius 3 is 2.68 bits per heavy atom. The molecule has 1 aliphatic carbocycles. The Kier molecular flexibility index (Phi) is 5.95. The molecule has 0 radical (unpaired) electrons. The fraction of sp³-hybridized carbons (Fsp3) is 0.714. The van der Waals surface area contributed by atoms with E-state index >= 15 is 0 Å². The lowest BCUT2D eigenvalue weighted by atomic mass is 10.0. The maximum atomic E-state index is 5.95. The van der Waals surface area contributed by atoms with E-state index in [9.17, 15) is 0 Å². The lowest BCUT2D eigenvalue weighted by Gasteiger charge is -2.20. The normalized spacial score (nSPS) is 16.7. The third-order valence-electron chi connectivity index (χ3n) is 3.48. The molecule has 2 N–H and O–H groups in total. The van der Waals surface area contributed by atoms with Gasteiger partial charge in [0.15, 0.2) is 0 Å². The number of rotatable bonds is 5. The quantitative estimate of drug-likeness (QED) is 0.863. The third-order valence-corrected chi connectivity index (χ3v) is 5.71. The van der Waals surface area contributed by atoms with Gasteiger partial charge in [-0.15, -0.1) is 0 Å². The Hall–Kier alpha value is -0.290. The number of aryl methyl sites for hydroxylation is 1. The number of thioether (sulfide) groups is 1. The zero-order valence-corrected chi connectivity index (χ0v) is 13.9. The van der Waals surface area contributed by atoms with Crippen LogP contribution in [-0.2, 0) is 12.2 Å². The highest BCUT2D eigenvalue weighted by Gasteiger charge is 2.15. The molecule has 0 aromatic carbocycles. The van der Waals surface area contributed by atoms with Crippen LogP contribution >= 0.6 is 27.7 Å². The number of nitrogens with two attached hydrogens (primary N) is 1. The minimum absolute atomic E-state index is 0.581. The van der Waals surface area contributed by atoms with Crippen LogP contribution in [-0.4, -0.2) is 15.2 Å². The molecular weight excluding hydrogens is 322 g/mol. The van der Waals surface area contributed by atoms with E-state index in [0.29, 0.717) is 5.82 Å².